The first-order valence-corrected chi connectivity index (χ1v) is 9.14. The summed E-state index contributed by atoms with van der Waals surface area (Å²) in [5.74, 6) is 2.04. The Hall–Kier alpha value is -2.69. The minimum atomic E-state index is -0.367. The van der Waals surface area contributed by atoms with Crippen LogP contribution in [0, 0.1) is 13.8 Å². The number of carbonyl (C=O) groups is 1. The molecular weight excluding hydrogens is 342 g/mol. The Morgan fingerprint density at radius 2 is 1.89 bits per heavy atom. The fourth-order valence-corrected chi connectivity index (χ4v) is 3.28. The Morgan fingerprint density at radius 1 is 1.15 bits per heavy atom. The van der Waals surface area contributed by atoms with Crippen molar-refractivity contribution in [2.45, 2.75) is 45.8 Å². The quantitative estimate of drug-likeness (QED) is 0.862. The molecule has 0 aromatic heterocycles. The molecule has 0 radical (unpaired) electrons. The van der Waals surface area contributed by atoms with E-state index in [-0.39, 0.29) is 24.2 Å². The Morgan fingerprint density at radius 3 is 2.59 bits per heavy atom. The number of carbonyl (C=O) groups excluding carboxylic acids is 1. The second-order valence-corrected chi connectivity index (χ2v) is 7.62. The summed E-state index contributed by atoms with van der Waals surface area (Å²) in [6.07, 6.45) is 0.669. The van der Waals surface area contributed by atoms with Crippen LogP contribution in [0.4, 0.5) is 0 Å². The molecule has 0 spiro atoms. The summed E-state index contributed by atoms with van der Waals surface area (Å²) in [6, 6.07) is 11.3. The summed E-state index contributed by atoms with van der Waals surface area (Å²) in [4.78, 5) is 12.5. The summed E-state index contributed by atoms with van der Waals surface area (Å²) in [5.41, 5.74) is 2.89. The van der Waals surface area contributed by atoms with Crippen LogP contribution in [0.2, 0.25) is 0 Å². The zero-order valence-corrected chi connectivity index (χ0v) is 16.6. The Balaban J connectivity index is 1.70. The van der Waals surface area contributed by atoms with Gasteiger partial charge in [0, 0.05) is 12.0 Å². The number of methoxy groups -OCH3 is 1. The van der Waals surface area contributed by atoms with Crippen molar-refractivity contribution in [2.24, 2.45) is 0 Å². The second kappa shape index (κ2) is 7.51. The van der Waals surface area contributed by atoms with E-state index >= 15 is 0 Å². The van der Waals surface area contributed by atoms with Gasteiger partial charge in [-0.15, -0.1) is 0 Å². The van der Waals surface area contributed by atoms with Crippen molar-refractivity contribution in [3.8, 4) is 17.2 Å². The predicted octanol–water partition coefficient (Wildman–Crippen LogP) is 4.11. The van der Waals surface area contributed by atoms with Gasteiger partial charge in [0.25, 0.3) is 5.91 Å². The van der Waals surface area contributed by atoms with Crippen LogP contribution in [0.1, 0.15) is 43.0 Å². The normalized spacial score (nSPS) is 17.4. The van der Waals surface area contributed by atoms with E-state index in [4.69, 9.17) is 14.2 Å². The highest BCUT2D eigenvalue weighted by molar-refractivity contribution is 5.78. The van der Waals surface area contributed by atoms with Crippen LogP contribution in [-0.2, 0) is 4.79 Å². The highest BCUT2D eigenvalue weighted by Gasteiger charge is 2.34. The molecule has 1 aliphatic rings. The molecule has 0 saturated heterocycles. The van der Waals surface area contributed by atoms with Crippen molar-refractivity contribution in [1.82, 2.24) is 5.32 Å². The van der Waals surface area contributed by atoms with Gasteiger partial charge in [0.1, 0.15) is 22.8 Å². The third kappa shape index (κ3) is 4.54. The lowest BCUT2D eigenvalue weighted by Crippen LogP contribution is -2.42. The molecule has 5 heteroatoms. The number of nitrogens with one attached hydrogen (secondary N) is 1. The van der Waals surface area contributed by atoms with E-state index in [9.17, 15) is 4.79 Å². The highest BCUT2D eigenvalue weighted by atomic mass is 16.5. The van der Waals surface area contributed by atoms with Gasteiger partial charge in [-0.1, -0.05) is 6.07 Å². The molecule has 0 unspecified atom stereocenters. The summed E-state index contributed by atoms with van der Waals surface area (Å²) >= 11 is 0. The van der Waals surface area contributed by atoms with E-state index < -0.39 is 0 Å². The zero-order valence-electron chi connectivity index (χ0n) is 16.6. The number of ether oxygens (including phenoxy) is 3. The smallest absolute Gasteiger partial charge is 0.258 e. The number of benzene rings is 2. The van der Waals surface area contributed by atoms with Crippen LogP contribution >= 0.6 is 0 Å². The SMILES string of the molecule is COc1ccc2c(c1)[C@@H](NC(=O)COc1ccc(C)c(C)c1)CC(C)(C)O2. The Kier molecular flexibility index (Phi) is 5.31. The maximum atomic E-state index is 12.5. The Bertz CT molecular complexity index is 844. The van der Waals surface area contributed by atoms with Gasteiger partial charge in [0.2, 0.25) is 0 Å². The number of aryl methyl sites for hydroxylation is 2. The fourth-order valence-electron chi connectivity index (χ4n) is 3.28. The fraction of sp³-hybridized carbons (Fsp3) is 0.409. The summed E-state index contributed by atoms with van der Waals surface area (Å²) < 4.78 is 17.0. The molecule has 0 aliphatic carbocycles. The molecule has 2 aromatic rings. The molecule has 27 heavy (non-hydrogen) atoms. The molecular formula is C22H27NO4. The van der Waals surface area contributed by atoms with Crippen LogP contribution in [-0.4, -0.2) is 25.2 Å². The first-order valence-electron chi connectivity index (χ1n) is 9.14. The van der Waals surface area contributed by atoms with Crippen LogP contribution in [0.5, 0.6) is 17.2 Å². The van der Waals surface area contributed by atoms with Gasteiger partial charge >= 0.3 is 0 Å². The molecule has 1 atom stereocenters. The predicted molar refractivity (Wildman–Crippen MR) is 105 cm³/mol. The molecule has 1 amide bonds. The van der Waals surface area contributed by atoms with E-state index in [1.165, 1.54) is 5.56 Å². The molecule has 144 valence electrons. The monoisotopic (exact) mass is 369 g/mol. The molecule has 1 aliphatic heterocycles. The molecule has 3 rings (SSSR count). The Labute approximate surface area is 160 Å². The van der Waals surface area contributed by atoms with Crippen LogP contribution in [0.25, 0.3) is 0 Å². The third-order valence-corrected chi connectivity index (χ3v) is 4.86. The van der Waals surface area contributed by atoms with Gasteiger partial charge < -0.3 is 19.5 Å². The lowest BCUT2D eigenvalue weighted by atomic mass is 9.89. The van der Waals surface area contributed by atoms with Crippen molar-refractivity contribution in [2.75, 3.05) is 13.7 Å². The number of hydrogen-bond acceptors (Lipinski definition) is 4. The van der Waals surface area contributed by atoms with Gasteiger partial charge in [-0.05, 0) is 69.2 Å². The summed E-state index contributed by atoms with van der Waals surface area (Å²) in [6.45, 7) is 8.08. The van der Waals surface area contributed by atoms with Crippen molar-refractivity contribution >= 4 is 5.91 Å². The molecule has 5 nitrogen and oxygen atoms in total. The van der Waals surface area contributed by atoms with E-state index in [0.29, 0.717) is 12.2 Å². The number of rotatable bonds is 5. The summed E-state index contributed by atoms with van der Waals surface area (Å²) in [5, 5.41) is 3.08. The van der Waals surface area contributed by atoms with Crippen LogP contribution in [0.3, 0.4) is 0 Å². The first-order chi connectivity index (χ1) is 12.8. The highest BCUT2D eigenvalue weighted by Crippen LogP contribution is 2.41. The van der Waals surface area contributed by atoms with Gasteiger partial charge in [0.05, 0.1) is 13.2 Å². The van der Waals surface area contributed by atoms with Crippen molar-refractivity contribution in [3.05, 3.63) is 53.1 Å². The van der Waals surface area contributed by atoms with Gasteiger partial charge in [-0.3, -0.25) is 4.79 Å². The number of fused-ring (bicyclic) bond motifs is 1. The zero-order chi connectivity index (χ0) is 19.6. The molecule has 1 heterocycles. The average Bonchev–Trinajstić information content (AvgIpc) is 2.61. The van der Waals surface area contributed by atoms with Crippen molar-refractivity contribution in [3.63, 3.8) is 0 Å². The van der Waals surface area contributed by atoms with E-state index in [1.54, 1.807) is 7.11 Å². The molecule has 0 fully saturated rings. The van der Waals surface area contributed by atoms with Crippen molar-refractivity contribution in [1.29, 1.82) is 0 Å². The number of amides is 1. The summed E-state index contributed by atoms with van der Waals surface area (Å²) in [7, 11) is 1.63. The molecule has 2 aromatic carbocycles. The lowest BCUT2D eigenvalue weighted by molar-refractivity contribution is -0.124. The van der Waals surface area contributed by atoms with Gasteiger partial charge in [0.15, 0.2) is 6.61 Å². The van der Waals surface area contributed by atoms with Crippen LogP contribution < -0.4 is 19.5 Å². The first kappa shape index (κ1) is 19.1. The lowest BCUT2D eigenvalue weighted by Gasteiger charge is -2.38. The standard InChI is InChI=1S/C22H27NO4/c1-14-6-7-17(10-15(14)2)26-13-21(24)23-19-12-22(3,4)27-20-9-8-16(25-5)11-18(19)20/h6-11,19H,12-13H2,1-5H3,(H,23,24)/t19-/m0/s1. The third-order valence-electron chi connectivity index (χ3n) is 4.86. The maximum absolute atomic E-state index is 12.5. The molecule has 0 saturated carbocycles. The van der Waals surface area contributed by atoms with Crippen LogP contribution in [0.15, 0.2) is 36.4 Å². The van der Waals surface area contributed by atoms with E-state index in [1.807, 2.05) is 64.1 Å². The minimum Gasteiger partial charge on any atom is -0.497 e. The van der Waals surface area contributed by atoms with Gasteiger partial charge in [-0.25, -0.2) is 0 Å². The number of hydrogen-bond donors (Lipinski definition) is 1. The molecule has 0 bridgehead atoms. The average molecular weight is 369 g/mol. The van der Waals surface area contributed by atoms with Gasteiger partial charge in [-0.2, -0.15) is 0 Å². The molecule has 1 N–H and O–H groups in total. The minimum absolute atomic E-state index is 0.0282. The van der Waals surface area contributed by atoms with E-state index in [0.717, 1.165) is 22.6 Å². The van der Waals surface area contributed by atoms with E-state index in [2.05, 4.69) is 5.32 Å². The van der Waals surface area contributed by atoms with Crippen molar-refractivity contribution < 1.29 is 19.0 Å². The topological polar surface area (TPSA) is 56.8 Å². The maximum Gasteiger partial charge on any atom is 0.258 e. The second-order valence-electron chi connectivity index (χ2n) is 7.62. The largest absolute Gasteiger partial charge is 0.497 e.